The number of nitrogens with zero attached hydrogens (tertiary/aromatic N) is 2. The number of carbonyl (C=O) groups is 2. The minimum Gasteiger partial charge on any atom is -0.480 e. The second-order valence-electron chi connectivity index (χ2n) is 6.86. The normalized spacial score (nSPS) is 15.5. The number of thioether (sulfide) groups is 1. The first-order valence-corrected chi connectivity index (χ1v) is 10.8. The molecule has 1 saturated heterocycles. The second kappa shape index (κ2) is 8.26. The monoisotopic (exact) mass is 456 g/mol. The van der Waals surface area contributed by atoms with Crippen molar-refractivity contribution in [2.75, 3.05) is 6.54 Å². The number of rotatable bonds is 5. The molecule has 2 aromatic carbocycles. The van der Waals surface area contributed by atoms with E-state index in [1.165, 1.54) is 0 Å². The highest BCUT2D eigenvalue weighted by atomic mass is 35.5. The van der Waals surface area contributed by atoms with Gasteiger partial charge in [0, 0.05) is 33.7 Å². The van der Waals surface area contributed by atoms with Gasteiger partial charge in [0.2, 0.25) is 0 Å². The van der Waals surface area contributed by atoms with Crippen molar-refractivity contribution in [1.82, 2.24) is 9.47 Å². The molecule has 1 fully saturated rings. The highest BCUT2D eigenvalue weighted by Crippen LogP contribution is 2.36. The van der Waals surface area contributed by atoms with Gasteiger partial charge in [0.25, 0.3) is 5.91 Å². The van der Waals surface area contributed by atoms with Gasteiger partial charge in [-0.15, -0.1) is 0 Å². The standard InChI is InChI=1S/C22H17ClN2O3S2/c1-13-16(10-19-21(28)25(12-20(26)27)22(29)30-19)15-7-3-5-9-18(15)24(13)11-14-6-2-4-8-17(14)23/h2-10H,11-12H2,1H3,(H,26,27)/b19-10+. The van der Waals surface area contributed by atoms with Crippen LogP contribution in [0.4, 0.5) is 0 Å². The van der Waals surface area contributed by atoms with E-state index in [2.05, 4.69) is 4.57 Å². The minimum absolute atomic E-state index is 0.256. The van der Waals surface area contributed by atoms with Crippen LogP contribution in [0.3, 0.4) is 0 Å². The smallest absolute Gasteiger partial charge is 0.323 e. The van der Waals surface area contributed by atoms with Crippen molar-refractivity contribution < 1.29 is 14.7 Å². The molecule has 0 atom stereocenters. The third-order valence-corrected chi connectivity index (χ3v) is 6.75. The molecule has 2 heterocycles. The molecule has 0 bridgehead atoms. The summed E-state index contributed by atoms with van der Waals surface area (Å²) in [6.07, 6.45) is 1.81. The molecule has 8 heteroatoms. The molecule has 1 aromatic heterocycles. The molecule has 1 aliphatic heterocycles. The Morgan fingerprint density at radius 1 is 1.20 bits per heavy atom. The zero-order valence-electron chi connectivity index (χ0n) is 16.0. The van der Waals surface area contributed by atoms with Crippen molar-refractivity contribution in [1.29, 1.82) is 0 Å². The van der Waals surface area contributed by atoms with Crippen molar-refractivity contribution in [2.24, 2.45) is 0 Å². The maximum absolute atomic E-state index is 12.7. The van der Waals surface area contributed by atoms with Crippen LogP contribution in [0.15, 0.2) is 53.4 Å². The fourth-order valence-electron chi connectivity index (χ4n) is 3.54. The number of carbonyl (C=O) groups excluding carboxylic acids is 1. The molecule has 1 amide bonds. The first-order chi connectivity index (χ1) is 14.4. The van der Waals surface area contributed by atoms with Gasteiger partial charge < -0.3 is 9.67 Å². The lowest BCUT2D eigenvalue weighted by molar-refractivity contribution is -0.140. The summed E-state index contributed by atoms with van der Waals surface area (Å²) in [6.45, 7) is 2.16. The number of carboxylic acids is 1. The molecule has 0 spiro atoms. The Balaban J connectivity index is 1.79. The van der Waals surface area contributed by atoms with Crippen LogP contribution in [0.25, 0.3) is 17.0 Å². The third-order valence-electron chi connectivity index (χ3n) is 5.01. The fourth-order valence-corrected chi connectivity index (χ4v) is 4.98. The van der Waals surface area contributed by atoms with E-state index in [4.69, 9.17) is 28.9 Å². The van der Waals surface area contributed by atoms with Crippen molar-refractivity contribution >= 4 is 68.8 Å². The Labute approximate surface area is 187 Å². The zero-order chi connectivity index (χ0) is 21.4. The van der Waals surface area contributed by atoms with Crippen LogP contribution in [0.2, 0.25) is 5.02 Å². The predicted molar refractivity (Wildman–Crippen MR) is 125 cm³/mol. The third kappa shape index (κ3) is 3.76. The second-order valence-corrected chi connectivity index (χ2v) is 8.94. The van der Waals surface area contributed by atoms with Crippen LogP contribution in [-0.4, -0.2) is 37.3 Å². The van der Waals surface area contributed by atoms with Gasteiger partial charge in [-0.2, -0.15) is 0 Å². The van der Waals surface area contributed by atoms with E-state index in [9.17, 15) is 9.59 Å². The predicted octanol–water partition coefficient (Wildman–Crippen LogP) is 4.94. The Bertz CT molecular complexity index is 1230. The molecule has 5 nitrogen and oxygen atoms in total. The molecule has 0 saturated carbocycles. The number of benzene rings is 2. The van der Waals surface area contributed by atoms with E-state index in [1.54, 1.807) is 0 Å². The number of hydrogen-bond donors (Lipinski definition) is 1. The highest BCUT2D eigenvalue weighted by Gasteiger charge is 2.33. The Hall–Kier alpha value is -2.61. The van der Waals surface area contributed by atoms with E-state index in [1.807, 2.05) is 61.5 Å². The topological polar surface area (TPSA) is 62.5 Å². The summed E-state index contributed by atoms with van der Waals surface area (Å²) in [6, 6.07) is 15.7. The van der Waals surface area contributed by atoms with Crippen molar-refractivity contribution in [3.63, 3.8) is 0 Å². The quantitative estimate of drug-likeness (QED) is 0.435. The molecule has 0 unspecified atom stereocenters. The van der Waals surface area contributed by atoms with E-state index in [0.29, 0.717) is 16.5 Å². The van der Waals surface area contributed by atoms with Gasteiger partial charge in [-0.25, -0.2) is 0 Å². The first kappa shape index (κ1) is 20.7. The van der Waals surface area contributed by atoms with Gasteiger partial charge in [0.05, 0.1) is 4.91 Å². The summed E-state index contributed by atoms with van der Waals surface area (Å²) in [4.78, 5) is 25.3. The number of carboxylic acid groups (broad SMARTS) is 1. The van der Waals surface area contributed by atoms with E-state index in [-0.39, 0.29) is 10.2 Å². The summed E-state index contributed by atoms with van der Waals surface area (Å²) in [5, 5.41) is 10.7. The Morgan fingerprint density at radius 3 is 2.63 bits per heavy atom. The zero-order valence-corrected chi connectivity index (χ0v) is 18.4. The summed E-state index contributed by atoms with van der Waals surface area (Å²) in [5.41, 5.74) is 3.93. The van der Waals surface area contributed by atoms with Crippen LogP contribution in [0.1, 0.15) is 16.8 Å². The number of aromatic nitrogens is 1. The lowest BCUT2D eigenvalue weighted by atomic mass is 10.1. The molecule has 152 valence electrons. The largest absolute Gasteiger partial charge is 0.480 e. The number of halogens is 1. The summed E-state index contributed by atoms with van der Waals surface area (Å²) < 4.78 is 2.42. The van der Waals surface area contributed by atoms with Gasteiger partial charge in [0.15, 0.2) is 0 Å². The number of amides is 1. The molecule has 0 radical (unpaired) electrons. The number of hydrogen-bond acceptors (Lipinski definition) is 4. The van der Waals surface area contributed by atoms with Crippen molar-refractivity contribution in [3.8, 4) is 0 Å². The maximum atomic E-state index is 12.7. The molecule has 3 aromatic rings. The number of para-hydroxylation sites is 1. The van der Waals surface area contributed by atoms with E-state index in [0.717, 1.165) is 44.4 Å². The maximum Gasteiger partial charge on any atom is 0.323 e. The van der Waals surface area contributed by atoms with Crippen molar-refractivity contribution in [2.45, 2.75) is 13.5 Å². The molecular formula is C22H17ClN2O3S2. The summed E-state index contributed by atoms with van der Waals surface area (Å²) >= 11 is 12.7. The molecular weight excluding hydrogens is 440 g/mol. The average Bonchev–Trinajstić information content (AvgIpc) is 3.12. The number of thiocarbonyl (C=S) groups is 1. The summed E-state index contributed by atoms with van der Waals surface area (Å²) in [7, 11) is 0. The van der Waals surface area contributed by atoms with Crippen LogP contribution in [0.5, 0.6) is 0 Å². The number of fused-ring (bicyclic) bond motifs is 1. The molecule has 0 aliphatic carbocycles. The van der Waals surface area contributed by atoms with Crippen LogP contribution >= 0.6 is 35.6 Å². The molecule has 1 aliphatic rings. The molecule has 4 rings (SSSR count). The Kier molecular flexibility index (Phi) is 5.69. The van der Waals surface area contributed by atoms with Crippen LogP contribution in [0, 0.1) is 6.92 Å². The lowest BCUT2D eigenvalue weighted by Crippen LogP contribution is -2.33. The van der Waals surface area contributed by atoms with E-state index >= 15 is 0 Å². The lowest BCUT2D eigenvalue weighted by Gasteiger charge is -2.10. The van der Waals surface area contributed by atoms with Crippen molar-refractivity contribution in [3.05, 3.63) is 75.3 Å². The SMILES string of the molecule is Cc1c(/C=C2/SC(=S)N(CC(=O)O)C2=O)c2ccccc2n1Cc1ccccc1Cl. The first-order valence-electron chi connectivity index (χ1n) is 9.15. The molecule has 1 N–H and O–H groups in total. The summed E-state index contributed by atoms with van der Waals surface area (Å²) in [5.74, 6) is -1.48. The molecule has 30 heavy (non-hydrogen) atoms. The van der Waals surface area contributed by atoms with Crippen LogP contribution < -0.4 is 0 Å². The van der Waals surface area contributed by atoms with Crippen LogP contribution in [-0.2, 0) is 16.1 Å². The minimum atomic E-state index is -1.10. The highest BCUT2D eigenvalue weighted by molar-refractivity contribution is 8.26. The Morgan fingerprint density at radius 2 is 1.90 bits per heavy atom. The van der Waals surface area contributed by atoms with Gasteiger partial charge in [0.1, 0.15) is 10.9 Å². The number of aliphatic carboxylic acids is 1. The van der Waals surface area contributed by atoms with Gasteiger partial charge in [-0.05, 0) is 30.7 Å². The van der Waals surface area contributed by atoms with Gasteiger partial charge >= 0.3 is 5.97 Å². The van der Waals surface area contributed by atoms with E-state index < -0.39 is 12.5 Å². The van der Waals surface area contributed by atoms with Gasteiger partial charge in [-0.1, -0.05) is 72.0 Å². The fraction of sp³-hybridized carbons (Fsp3) is 0.136. The van der Waals surface area contributed by atoms with Gasteiger partial charge in [-0.3, -0.25) is 14.5 Å². The average molecular weight is 457 g/mol.